The summed E-state index contributed by atoms with van der Waals surface area (Å²) in [5, 5.41) is 11.3. The fourth-order valence-electron chi connectivity index (χ4n) is 5.79. The lowest BCUT2D eigenvalue weighted by Crippen LogP contribution is -2.55. The number of hydrogen-bond acceptors (Lipinski definition) is 4. The Morgan fingerprint density at radius 1 is 1.04 bits per heavy atom. The van der Waals surface area contributed by atoms with Crippen molar-refractivity contribution >= 4 is 0 Å². The highest BCUT2D eigenvalue weighted by atomic mass is 19.1. The third-order valence-corrected chi connectivity index (χ3v) is 7.15. The maximum absolute atomic E-state index is 14.4. The SMILES string of the molecule is CN1CCN(CC(C)(C)CN2C3CCC2CC(O)(c2ccccc2F)C3)CC1. The molecule has 0 spiro atoms. The van der Waals surface area contributed by atoms with Crippen LogP contribution in [-0.2, 0) is 5.60 Å². The van der Waals surface area contributed by atoms with E-state index in [0.29, 0.717) is 30.5 Å². The van der Waals surface area contributed by atoms with E-state index in [-0.39, 0.29) is 11.2 Å². The molecule has 0 aromatic heterocycles. The van der Waals surface area contributed by atoms with Gasteiger partial charge in [0.2, 0.25) is 0 Å². The minimum atomic E-state index is -1.02. The van der Waals surface area contributed by atoms with Crippen molar-refractivity contribution in [3.05, 3.63) is 35.6 Å². The number of piperidine rings is 1. The summed E-state index contributed by atoms with van der Waals surface area (Å²) in [6.45, 7) is 11.5. The number of piperazine rings is 1. The highest BCUT2D eigenvalue weighted by molar-refractivity contribution is 5.26. The first-order valence-corrected chi connectivity index (χ1v) is 10.9. The molecule has 1 aromatic rings. The third kappa shape index (κ3) is 4.13. The summed E-state index contributed by atoms with van der Waals surface area (Å²) in [6, 6.07) is 7.49. The molecule has 3 heterocycles. The molecule has 1 aromatic carbocycles. The predicted octanol–water partition coefficient (Wildman–Crippen LogP) is 2.91. The van der Waals surface area contributed by atoms with E-state index in [1.165, 1.54) is 6.07 Å². The highest BCUT2D eigenvalue weighted by Gasteiger charge is 2.50. The fourth-order valence-corrected chi connectivity index (χ4v) is 5.79. The second-order valence-electron chi connectivity index (χ2n) is 10.2. The molecule has 0 radical (unpaired) electrons. The van der Waals surface area contributed by atoms with Crippen LogP contribution in [0.4, 0.5) is 4.39 Å². The molecular formula is C23H36FN3O. The molecule has 0 saturated carbocycles. The van der Waals surface area contributed by atoms with E-state index in [4.69, 9.17) is 0 Å². The van der Waals surface area contributed by atoms with Crippen LogP contribution in [-0.4, -0.2) is 78.2 Å². The Hall–Kier alpha value is -1.01. The molecular weight excluding hydrogens is 353 g/mol. The minimum Gasteiger partial charge on any atom is -0.385 e. The van der Waals surface area contributed by atoms with E-state index >= 15 is 0 Å². The van der Waals surface area contributed by atoms with Crippen LogP contribution in [0.1, 0.15) is 45.1 Å². The zero-order chi connectivity index (χ0) is 19.9. The van der Waals surface area contributed by atoms with E-state index in [1.54, 1.807) is 12.1 Å². The van der Waals surface area contributed by atoms with Gasteiger partial charge in [-0.05, 0) is 44.2 Å². The average molecular weight is 390 g/mol. The molecule has 2 bridgehead atoms. The second kappa shape index (κ2) is 7.67. The molecule has 3 aliphatic rings. The maximum atomic E-state index is 14.4. The number of likely N-dealkylation sites (N-methyl/N-ethyl adjacent to an activating group) is 1. The number of rotatable bonds is 5. The molecule has 156 valence electrons. The van der Waals surface area contributed by atoms with Crippen LogP contribution >= 0.6 is 0 Å². The molecule has 28 heavy (non-hydrogen) atoms. The minimum absolute atomic E-state index is 0.213. The smallest absolute Gasteiger partial charge is 0.129 e. The number of fused-ring (bicyclic) bond motifs is 2. The van der Waals surface area contributed by atoms with Gasteiger partial charge in [0.15, 0.2) is 0 Å². The number of aliphatic hydroxyl groups is 1. The Morgan fingerprint density at radius 3 is 2.25 bits per heavy atom. The summed E-state index contributed by atoms with van der Waals surface area (Å²) >= 11 is 0. The molecule has 3 saturated heterocycles. The van der Waals surface area contributed by atoms with Gasteiger partial charge in [0.1, 0.15) is 5.82 Å². The van der Waals surface area contributed by atoms with Gasteiger partial charge in [0.25, 0.3) is 0 Å². The molecule has 0 aliphatic carbocycles. The largest absolute Gasteiger partial charge is 0.385 e. The average Bonchev–Trinajstić information content (AvgIpc) is 2.87. The maximum Gasteiger partial charge on any atom is 0.129 e. The van der Waals surface area contributed by atoms with E-state index in [0.717, 1.165) is 52.1 Å². The van der Waals surface area contributed by atoms with Crippen molar-refractivity contribution in [3.63, 3.8) is 0 Å². The molecule has 1 N–H and O–H groups in total. The third-order valence-electron chi connectivity index (χ3n) is 7.15. The van der Waals surface area contributed by atoms with Gasteiger partial charge in [-0.3, -0.25) is 4.90 Å². The van der Waals surface area contributed by atoms with Crippen molar-refractivity contribution < 1.29 is 9.50 Å². The lowest BCUT2D eigenvalue weighted by molar-refractivity contribution is -0.0693. The Labute approximate surface area is 169 Å². The number of nitrogens with zero attached hydrogens (tertiary/aromatic N) is 3. The number of hydrogen-bond donors (Lipinski definition) is 1. The topological polar surface area (TPSA) is 30.0 Å². The monoisotopic (exact) mass is 389 g/mol. The van der Waals surface area contributed by atoms with Crippen LogP contribution < -0.4 is 0 Å². The van der Waals surface area contributed by atoms with E-state index in [9.17, 15) is 9.50 Å². The van der Waals surface area contributed by atoms with Crippen molar-refractivity contribution in [1.82, 2.24) is 14.7 Å². The summed E-state index contributed by atoms with van der Waals surface area (Å²) in [6.07, 6.45) is 3.53. The first-order chi connectivity index (χ1) is 13.3. The lowest BCUT2D eigenvalue weighted by atomic mass is 9.79. The Morgan fingerprint density at radius 2 is 1.64 bits per heavy atom. The first-order valence-electron chi connectivity index (χ1n) is 10.9. The molecule has 3 fully saturated rings. The van der Waals surface area contributed by atoms with Crippen LogP contribution in [0, 0.1) is 11.2 Å². The Kier molecular flexibility index (Phi) is 5.56. The normalized spacial score (nSPS) is 32.8. The summed E-state index contributed by atoms with van der Waals surface area (Å²) < 4.78 is 14.4. The quantitative estimate of drug-likeness (QED) is 0.839. The zero-order valence-electron chi connectivity index (χ0n) is 17.7. The van der Waals surface area contributed by atoms with Crippen LogP contribution in [0.3, 0.4) is 0 Å². The van der Waals surface area contributed by atoms with Crippen molar-refractivity contribution in [2.75, 3.05) is 46.3 Å². The zero-order valence-corrected chi connectivity index (χ0v) is 17.7. The van der Waals surface area contributed by atoms with Crippen LogP contribution in [0.2, 0.25) is 0 Å². The predicted molar refractivity (Wildman–Crippen MR) is 111 cm³/mol. The van der Waals surface area contributed by atoms with E-state index < -0.39 is 5.60 Å². The summed E-state index contributed by atoms with van der Waals surface area (Å²) in [5.74, 6) is -0.270. The molecule has 0 amide bonds. The molecule has 2 unspecified atom stereocenters. The number of benzene rings is 1. The van der Waals surface area contributed by atoms with Gasteiger partial charge in [0, 0.05) is 56.9 Å². The highest BCUT2D eigenvalue weighted by Crippen LogP contribution is 2.47. The van der Waals surface area contributed by atoms with Gasteiger partial charge in [-0.2, -0.15) is 0 Å². The standard InChI is InChI=1S/C23H36FN3O/c1-22(2,16-26-12-10-25(3)11-13-26)17-27-18-8-9-19(27)15-23(28,14-18)20-6-4-5-7-21(20)24/h4-7,18-19,28H,8-17H2,1-3H3. The molecule has 4 rings (SSSR count). The van der Waals surface area contributed by atoms with Gasteiger partial charge in [-0.25, -0.2) is 4.39 Å². The van der Waals surface area contributed by atoms with Crippen molar-refractivity contribution in [2.45, 2.75) is 57.2 Å². The van der Waals surface area contributed by atoms with Gasteiger partial charge in [-0.15, -0.1) is 0 Å². The Balaban J connectivity index is 1.42. The first kappa shape index (κ1) is 20.3. The molecule has 2 atom stereocenters. The van der Waals surface area contributed by atoms with Crippen molar-refractivity contribution in [3.8, 4) is 0 Å². The summed E-state index contributed by atoms with van der Waals surface area (Å²) in [4.78, 5) is 7.63. The Bertz CT molecular complexity index is 672. The van der Waals surface area contributed by atoms with Crippen LogP contribution in [0.15, 0.2) is 24.3 Å². The van der Waals surface area contributed by atoms with Gasteiger partial charge in [0.05, 0.1) is 5.60 Å². The fraction of sp³-hybridized carbons (Fsp3) is 0.739. The van der Waals surface area contributed by atoms with Gasteiger partial charge >= 0.3 is 0 Å². The number of halogens is 1. The van der Waals surface area contributed by atoms with Crippen LogP contribution in [0.5, 0.6) is 0 Å². The van der Waals surface area contributed by atoms with Crippen molar-refractivity contribution in [2.24, 2.45) is 5.41 Å². The molecule has 5 heteroatoms. The van der Waals surface area contributed by atoms with Crippen LogP contribution in [0.25, 0.3) is 0 Å². The molecule has 3 aliphatic heterocycles. The lowest BCUT2D eigenvalue weighted by Gasteiger charge is -2.47. The van der Waals surface area contributed by atoms with Gasteiger partial charge < -0.3 is 14.9 Å². The van der Waals surface area contributed by atoms with Gasteiger partial charge in [-0.1, -0.05) is 32.0 Å². The van der Waals surface area contributed by atoms with Crippen molar-refractivity contribution in [1.29, 1.82) is 0 Å². The molecule has 4 nitrogen and oxygen atoms in total. The van der Waals surface area contributed by atoms with E-state index in [2.05, 4.69) is 35.6 Å². The summed E-state index contributed by atoms with van der Waals surface area (Å²) in [7, 11) is 2.20. The summed E-state index contributed by atoms with van der Waals surface area (Å²) in [5.41, 5.74) is -0.317. The van der Waals surface area contributed by atoms with E-state index in [1.807, 2.05) is 6.07 Å². The second-order valence-corrected chi connectivity index (χ2v) is 10.2.